The van der Waals surface area contributed by atoms with E-state index in [0.29, 0.717) is 5.56 Å². The second-order valence-corrected chi connectivity index (χ2v) is 17.7. The largest absolute Gasteiger partial charge is 0.422 e. The second-order valence-electron chi connectivity index (χ2n) is 17.7. The summed E-state index contributed by atoms with van der Waals surface area (Å²) in [5.41, 5.74) is 4.09. The highest BCUT2D eigenvalue weighted by atomic mass is 16.5. The molecule has 6 aromatic carbocycles. The summed E-state index contributed by atoms with van der Waals surface area (Å²) >= 11 is 0. The van der Waals surface area contributed by atoms with Gasteiger partial charge in [0.05, 0.1) is 39.2 Å². The number of benzene rings is 6. The van der Waals surface area contributed by atoms with Crippen molar-refractivity contribution in [2.75, 3.05) is 10.6 Å². The van der Waals surface area contributed by atoms with Crippen molar-refractivity contribution in [2.45, 2.75) is 112 Å². The number of nitrogens with one attached hydrogen (secondary N) is 2. The van der Waals surface area contributed by atoms with E-state index in [0.717, 1.165) is 99.3 Å². The van der Waals surface area contributed by atoms with Crippen LogP contribution in [0.15, 0.2) is 115 Å². The number of hydrogen-bond donors (Lipinski definition) is 2. The Morgan fingerprint density at radius 3 is 1.25 bits per heavy atom. The monoisotopic (exact) mass is 924 g/mol. The summed E-state index contributed by atoms with van der Waals surface area (Å²) in [6, 6.07) is 32.6. The van der Waals surface area contributed by atoms with Crippen LogP contribution in [0.2, 0.25) is 0 Å². The molecule has 0 unspecified atom stereocenters. The van der Waals surface area contributed by atoms with Crippen LogP contribution in [0.1, 0.15) is 180 Å². The molecule has 0 bridgehead atoms. The molecule has 354 valence electrons. The highest BCUT2D eigenvalue weighted by Gasteiger charge is 2.41. The average molecular weight is 925 g/mol. The van der Waals surface area contributed by atoms with Gasteiger partial charge >= 0.3 is 11.9 Å². The van der Waals surface area contributed by atoms with Gasteiger partial charge in [-0.25, -0.2) is 9.59 Å². The Kier molecular flexibility index (Phi) is 16.5. The number of aryl methyl sites for hydroxylation is 4. The molecule has 69 heavy (non-hydrogen) atoms. The van der Waals surface area contributed by atoms with Crippen LogP contribution in [0.4, 0.5) is 11.4 Å². The first-order valence-electron chi connectivity index (χ1n) is 24.3. The maximum atomic E-state index is 15.3. The molecule has 10 heteroatoms. The van der Waals surface area contributed by atoms with E-state index in [-0.39, 0.29) is 67.4 Å². The van der Waals surface area contributed by atoms with Crippen molar-refractivity contribution in [2.24, 2.45) is 0 Å². The molecular weight excluding hydrogens is 865 g/mol. The fraction of sp³-hybridized carbons (Fsp3) is 0.288. The van der Waals surface area contributed by atoms with Gasteiger partial charge in [0.1, 0.15) is 11.5 Å². The molecular formula is C59H60N2O8. The van der Waals surface area contributed by atoms with Crippen molar-refractivity contribution < 1.29 is 38.2 Å². The zero-order chi connectivity index (χ0) is 49.0. The smallest absolute Gasteiger partial charge is 0.343 e. The number of ether oxygens (including phenoxy) is 2. The average Bonchev–Trinajstić information content (AvgIpc) is 3.37. The van der Waals surface area contributed by atoms with Crippen LogP contribution < -0.4 is 20.1 Å². The molecule has 0 saturated carbocycles. The van der Waals surface area contributed by atoms with Gasteiger partial charge in [-0.15, -0.1) is 0 Å². The fourth-order valence-corrected chi connectivity index (χ4v) is 8.47. The van der Waals surface area contributed by atoms with Crippen molar-refractivity contribution in [3.8, 4) is 11.5 Å². The fourth-order valence-electron chi connectivity index (χ4n) is 8.47. The Hall–Kier alpha value is -7.46. The zero-order valence-corrected chi connectivity index (χ0v) is 40.2. The SMILES string of the molecule is CCCCc1ccc(C(=O)Nc2c(C)c(OC(=O)c3ccc(CCCC)cc3)c3c(c2NC(=O)c2ccc(CCCC)cc2)C(=O)c2cccc(OC(=O)c4ccc(CCCC)cc4)c2C3=O)cc1. The van der Waals surface area contributed by atoms with E-state index in [1.165, 1.54) is 18.2 Å². The molecule has 2 amide bonds. The molecule has 0 aliphatic heterocycles. The maximum Gasteiger partial charge on any atom is 0.343 e. The van der Waals surface area contributed by atoms with Crippen LogP contribution in [-0.4, -0.2) is 35.3 Å². The first-order chi connectivity index (χ1) is 33.5. The number of carbonyl (C=O) groups is 6. The normalized spacial score (nSPS) is 11.7. The summed E-state index contributed by atoms with van der Waals surface area (Å²) < 4.78 is 12.1. The molecule has 0 heterocycles. The Morgan fingerprint density at radius 2 is 0.826 bits per heavy atom. The lowest BCUT2D eigenvalue weighted by atomic mass is 9.80. The molecule has 1 aliphatic rings. The molecule has 7 rings (SSSR count). The molecule has 10 nitrogen and oxygen atoms in total. The predicted octanol–water partition coefficient (Wildman–Crippen LogP) is 13.1. The third-order valence-electron chi connectivity index (χ3n) is 12.6. The van der Waals surface area contributed by atoms with Gasteiger partial charge < -0.3 is 20.1 Å². The summed E-state index contributed by atoms with van der Waals surface area (Å²) in [5, 5.41) is 5.83. The number of unbranched alkanes of at least 4 members (excludes halogenated alkanes) is 4. The molecule has 0 radical (unpaired) electrons. The number of esters is 2. The van der Waals surface area contributed by atoms with Gasteiger partial charge in [0.2, 0.25) is 5.78 Å². The van der Waals surface area contributed by atoms with E-state index in [4.69, 9.17) is 9.47 Å². The van der Waals surface area contributed by atoms with Crippen molar-refractivity contribution in [3.05, 3.63) is 188 Å². The quantitative estimate of drug-likeness (QED) is 0.0568. The van der Waals surface area contributed by atoms with Crippen molar-refractivity contribution in [1.82, 2.24) is 0 Å². The van der Waals surface area contributed by atoms with Gasteiger partial charge in [0.15, 0.2) is 5.78 Å². The number of hydrogen-bond acceptors (Lipinski definition) is 8. The molecule has 0 fully saturated rings. The summed E-state index contributed by atoms with van der Waals surface area (Å²) in [4.78, 5) is 87.2. The van der Waals surface area contributed by atoms with E-state index in [1.54, 1.807) is 55.5 Å². The lowest BCUT2D eigenvalue weighted by Gasteiger charge is -2.28. The zero-order valence-electron chi connectivity index (χ0n) is 40.2. The Balaban J connectivity index is 1.37. The van der Waals surface area contributed by atoms with Gasteiger partial charge in [-0.2, -0.15) is 0 Å². The van der Waals surface area contributed by atoms with Crippen LogP contribution >= 0.6 is 0 Å². The van der Waals surface area contributed by atoms with E-state index in [1.807, 2.05) is 48.5 Å². The first-order valence-corrected chi connectivity index (χ1v) is 24.3. The number of carbonyl (C=O) groups excluding carboxylic acids is 6. The second kappa shape index (κ2) is 23.0. The number of fused-ring (bicyclic) bond motifs is 2. The first kappa shape index (κ1) is 49.4. The highest BCUT2D eigenvalue weighted by Crippen LogP contribution is 2.47. The summed E-state index contributed by atoms with van der Waals surface area (Å²) in [5.74, 6) is -4.77. The minimum absolute atomic E-state index is 0.0472. The van der Waals surface area contributed by atoms with Crippen LogP contribution in [0.5, 0.6) is 11.5 Å². The molecule has 2 N–H and O–H groups in total. The number of amides is 2. The third-order valence-corrected chi connectivity index (χ3v) is 12.6. The van der Waals surface area contributed by atoms with E-state index in [9.17, 15) is 19.2 Å². The van der Waals surface area contributed by atoms with Gasteiger partial charge in [-0.1, -0.05) is 114 Å². The number of rotatable bonds is 20. The lowest BCUT2D eigenvalue weighted by molar-refractivity contribution is 0.0725. The molecule has 0 spiro atoms. The van der Waals surface area contributed by atoms with Crippen LogP contribution in [0, 0.1) is 6.92 Å². The maximum absolute atomic E-state index is 15.3. The standard InChI is InChI=1S/C59H60N2O8/c1-6-10-15-38-21-29-42(30-22-38)56(64)60-51-37(5)55(69-59(67)45-35-27-41(28-36-45)18-13-9-4)50-49(52(51)61-57(65)43-31-23-39(24-32-43)16-11-7-2)53(62)46-19-14-20-47(48(46)54(50)63)68-58(66)44-33-25-40(26-34-44)17-12-8-3/h14,19-36H,6-13,15-18H2,1-5H3,(H,60,64)(H,61,65). The van der Waals surface area contributed by atoms with Crippen molar-refractivity contribution in [3.63, 3.8) is 0 Å². The summed E-state index contributed by atoms with van der Waals surface area (Å²) in [6.45, 7) is 9.96. The number of ketones is 2. The number of anilines is 2. The van der Waals surface area contributed by atoms with Crippen molar-refractivity contribution >= 4 is 46.7 Å². The molecule has 0 saturated heterocycles. The summed E-state index contributed by atoms with van der Waals surface area (Å²) in [6.07, 6.45) is 11.4. The topological polar surface area (TPSA) is 145 Å². The van der Waals surface area contributed by atoms with Crippen LogP contribution in [-0.2, 0) is 25.7 Å². The predicted molar refractivity (Wildman–Crippen MR) is 271 cm³/mol. The van der Waals surface area contributed by atoms with Gasteiger partial charge in [0, 0.05) is 22.3 Å². The van der Waals surface area contributed by atoms with E-state index >= 15 is 9.59 Å². The lowest BCUT2D eigenvalue weighted by Crippen LogP contribution is -2.29. The minimum Gasteiger partial charge on any atom is -0.422 e. The third kappa shape index (κ3) is 11.5. The summed E-state index contributed by atoms with van der Waals surface area (Å²) in [7, 11) is 0. The van der Waals surface area contributed by atoms with Crippen LogP contribution in [0.3, 0.4) is 0 Å². The molecule has 0 atom stereocenters. The van der Waals surface area contributed by atoms with Crippen LogP contribution in [0.25, 0.3) is 0 Å². The van der Waals surface area contributed by atoms with Gasteiger partial charge in [-0.3, -0.25) is 19.2 Å². The Labute approximate surface area is 404 Å². The minimum atomic E-state index is -0.824. The van der Waals surface area contributed by atoms with E-state index < -0.39 is 35.3 Å². The Bertz CT molecular complexity index is 2860. The molecule has 0 aromatic heterocycles. The van der Waals surface area contributed by atoms with Gasteiger partial charge in [0.25, 0.3) is 11.8 Å². The molecule has 6 aromatic rings. The van der Waals surface area contributed by atoms with Crippen molar-refractivity contribution in [1.29, 1.82) is 0 Å². The highest BCUT2D eigenvalue weighted by molar-refractivity contribution is 6.34. The van der Waals surface area contributed by atoms with Gasteiger partial charge in [-0.05, 0) is 135 Å². The molecule has 1 aliphatic carbocycles. The Morgan fingerprint density at radius 1 is 0.435 bits per heavy atom. The van der Waals surface area contributed by atoms with E-state index in [2.05, 4.69) is 38.3 Å².